The van der Waals surface area contributed by atoms with Crippen molar-refractivity contribution in [2.45, 2.75) is 32.2 Å². The highest BCUT2D eigenvalue weighted by Crippen LogP contribution is 2.29. The van der Waals surface area contributed by atoms with Crippen LogP contribution in [0.1, 0.15) is 24.5 Å². The monoisotopic (exact) mass is 354 g/mol. The van der Waals surface area contributed by atoms with Crippen molar-refractivity contribution in [2.24, 2.45) is 0 Å². The Morgan fingerprint density at radius 3 is 2.08 bits per heavy atom. The van der Waals surface area contributed by atoms with Gasteiger partial charge in [-0.2, -0.15) is 13.2 Å². The SMILES string of the molecule is CCC(Oc1ccc(OCc2ccc(C(F)(F)F)cc2)cc1)C(=O)O. The Labute approximate surface area is 142 Å². The quantitative estimate of drug-likeness (QED) is 0.794. The molecule has 0 saturated heterocycles. The number of ether oxygens (including phenoxy) is 2. The van der Waals surface area contributed by atoms with E-state index in [-0.39, 0.29) is 6.61 Å². The summed E-state index contributed by atoms with van der Waals surface area (Å²) in [4.78, 5) is 10.9. The summed E-state index contributed by atoms with van der Waals surface area (Å²) in [5.74, 6) is -0.142. The van der Waals surface area contributed by atoms with E-state index in [9.17, 15) is 18.0 Å². The van der Waals surface area contributed by atoms with Gasteiger partial charge >= 0.3 is 12.1 Å². The molecule has 0 aromatic heterocycles. The van der Waals surface area contributed by atoms with Gasteiger partial charge in [0.05, 0.1) is 5.56 Å². The molecule has 0 radical (unpaired) electrons. The van der Waals surface area contributed by atoms with E-state index in [2.05, 4.69) is 0 Å². The van der Waals surface area contributed by atoms with E-state index in [1.807, 2.05) is 0 Å². The lowest BCUT2D eigenvalue weighted by molar-refractivity contribution is -0.145. The standard InChI is InChI=1S/C18H17F3O4/c1-2-16(17(22)23)25-15-9-7-14(8-10-15)24-11-12-3-5-13(6-4-12)18(19,20)21/h3-10,16H,2,11H2,1H3,(H,22,23). The molecular formula is C18H17F3O4. The summed E-state index contributed by atoms with van der Waals surface area (Å²) >= 11 is 0. The van der Waals surface area contributed by atoms with Gasteiger partial charge in [-0.05, 0) is 48.4 Å². The van der Waals surface area contributed by atoms with Crippen molar-refractivity contribution in [1.29, 1.82) is 0 Å². The Morgan fingerprint density at radius 1 is 1.04 bits per heavy atom. The minimum absolute atomic E-state index is 0.116. The zero-order valence-corrected chi connectivity index (χ0v) is 13.4. The fourth-order valence-corrected chi connectivity index (χ4v) is 2.04. The highest BCUT2D eigenvalue weighted by Gasteiger charge is 2.29. The molecule has 0 amide bonds. The van der Waals surface area contributed by atoms with Crippen molar-refractivity contribution in [3.05, 3.63) is 59.7 Å². The van der Waals surface area contributed by atoms with Crippen LogP contribution in [0.4, 0.5) is 13.2 Å². The van der Waals surface area contributed by atoms with E-state index in [0.29, 0.717) is 23.5 Å². The highest BCUT2D eigenvalue weighted by atomic mass is 19.4. The van der Waals surface area contributed by atoms with Gasteiger partial charge in [0.15, 0.2) is 6.10 Å². The van der Waals surface area contributed by atoms with Crippen LogP contribution in [0.3, 0.4) is 0 Å². The summed E-state index contributed by atoms with van der Waals surface area (Å²) in [5, 5.41) is 8.95. The second-order valence-corrected chi connectivity index (χ2v) is 5.31. The largest absolute Gasteiger partial charge is 0.489 e. The molecule has 1 unspecified atom stereocenters. The van der Waals surface area contributed by atoms with Crippen LogP contribution in [-0.2, 0) is 17.6 Å². The molecule has 25 heavy (non-hydrogen) atoms. The molecule has 134 valence electrons. The number of carbonyl (C=O) groups is 1. The second kappa shape index (κ2) is 7.92. The summed E-state index contributed by atoms with van der Waals surface area (Å²) in [5.41, 5.74) is -0.105. The first-order valence-corrected chi connectivity index (χ1v) is 7.58. The van der Waals surface area contributed by atoms with Gasteiger partial charge in [0.1, 0.15) is 18.1 Å². The Kier molecular flexibility index (Phi) is 5.90. The molecule has 0 aliphatic carbocycles. The number of carboxylic acids is 1. The van der Waals surface area contributed by atoms with E-state index in [4.69, 9.17) is 14.6 Å². The molecule has 0 saturated carbocycles. The minimum atomic E-state index is -4.36. The molecule has 0 heterocycles. The van der Waals surface area contributed by atoms with Crippen LogP contribution >= 0.6 is 0 Å². The van der Waals surface area contributed by atoms with Gasteiger partial charge in [-0.15, -0.1) is 0 Å². The Morgan fingerprint density at radius 2 is 1.60 bits per heavy atom. The summed E-state index contributed by atoms with van der Waals surface area (Å²) in [7, 11) is 0. The molecule has 2 aromatic carbocycles. The number of rotatable bonds is 7. The van der Waals surface area contributed by atoms with Crippen molar-refractivity contribution in [1.82, 2.24) is 0 Å². The minimum Gasteiger partial charge on any atom is -0.489 e. The van der Waals surface area contributed by atoms with E-state index >= 15 is 0 Å². The van der Waals surface area contributed by atoms with Crippen LogP contribution in [0.15, 0.2) is 48.5 Å². The van der Waals surface area contributed by atoms with Crippen LogP contribution in [0.5, 0.6) is 11.5 Å². The van der Waals surface area contributed by atoms with Gasteiger partial charge in [0, 0.05) is 0 Å². The zero-order valence-electron chi connectivity index (χ0n) is 13.4. The van der Waals surface area contributed by atoms with Crippen LogP contribution in [0.25, 0.3) is 0 Å². The van der Waals surface area contributed by atoms with Crippen molar-refractivity contribution < 1.29 is 32.5 Å². The molecule has 0 aliphatic heterocycles. The lowest BCUT2D eigenvalue weighted by Gasteiger charge is -2.13. The first-order valence-electron chi connectivity index (χ1n) is 7.58. The third-order valence-corrected chi connectivity index (χ3v) is 3.44. The van der Waals surface area contributed by atoms with E-state index < -0.39 is 23.8 Å². The van der Waals surface area contributed by atoms with E-state index in [1.165, 1.54) is 12.1 Å². The Bertz CT molecular complexity index is 694. The Balaban J connectivity index is 1.92. The maximum Gasteiger partial charge on any atom is 0.416 e. The normalized spacial score (nSPS) is 12.5. The number of hydrogen-bond donors (Lipinski definition) is 1. The lowest BCUT2D eigenvalue weighted by atomic mass is 10.1. The number of halogens is 3. The average molecular weight is 354 g/mol. The summed E-state index contributed by atoms with van der Waals surface area (Å²) in [6.45, 7) is 1.82. The van der Waals surface area contributed by atoms with Gasteiger partial charge in [-0.1, -0.05) is 19.1 Å². The molecule has 1 N–H and O–H groups in total. The molecule has 2 rings (SSSR count). The third kappa shape index (κ3) is 5.41. The molecule has 0 fully saturated rings. The maximum absolute atomic E-state index is 12.5. The molecule has 1 atom stereocenters. The van der Waals surface area contributed by atoms with Crippen LogP contribution in [0.2, 0.25) is 0 Å². The van der Waals surface area contributed by atoms with Gasteiger partial charge < -0.3 is 14.6 Å². The molecule has 0 aliphatic rings. The van der Waals surface area contributed by atoms with Crippen molar-refractivity contribution in [2.75, 3.05) is 0 Å². The molecule has 4 nitrogen and oxygen atoms in total. The molecule has 0 bridgehead atoms. The van der Waals surface area contributed by atoms with Crippen molar-refractivity contribution in [3.63, 3.8) is 0 Å². The fourth-order valence-electron chi connectivity index (χ4n) is 2.04. The van der Waals surface area contributed by atoms with Crippen molar-refractivity contribution in [3.8, 4) is 11.5 Å². The predicted octanol–water partition coefficient (Wildman–Crippen LogP) is 4.53. The number of benzene rings is 2. The highest BCUT2D eigenvalue weighted by molar-refractivity contribution is 5.72. The number of aliphatic carboxylic acids is 1. The van der Waals surface area contributed by atoms with Gasteiger partial charge in [0.25, 0.3) is 0 Å². The number of carboxylic acid groups (broad SMARTS) is 1. The topological polar surface area (TPSA) is 55.8 Å². The van der Waals surface area contributed by atoms with Gasteiger partial charge in [0.2, 0.25) is 0 Å². The number of hydrogen-bond acceptors (Lipinski definition) is 3. The fraction of sp³-hybridized carbons (Fsp3) is 0.278. The number of alkyl halides is 3. The molecule has 7 heteroatoms. The first kappa shape index (κ1) is 18.6. The molecule has 2 aromatic rings. The maximum atomic E-state index is 12.5. The molecule has 0 spiro atoms. The Hall–Kier alpha value is -2.70. The van der Waals surface area contributed by atoms with Gasteiger partial charge in [-0.3, -0.25) is 0 Å². The van der Waals surface area contributed by atoms with Crippen LogP contribution in [-0.4, -0.2) is 17.2 Å². The zero-order chi connectivity index (χ0) is 18.4. The first-order chi connectivity index (χ1) is 11.8. The van der Waals surface area contributed by atoms with E-state index in [1.54, 1.807) is 31.2 Å². The summed E-state index contributed by atoms with van der Waals surface area (Å²) in [6.07, 6.45) is -4.94. The van der Waals surface area contributed by atoms with E-state index in [0.717, 1.165) is 12.1 Å². The van der Waals surface area contributed by atoms with Crippen LogP contribution < -0.4 is 9.47 Å². The van der Waals surface area contributed by atoms with Crippen LogP contribution in [0, 0.1) is 0 Å². The summed E-state index contributed by atoms with van der Waals surface area (Å²) < 4.78 is 48.3. The molecular weight excluding hydrogens is 337 g/mol. The average Bonchev–Trinajstić information content (AvgIpc) is 2.58. The summed E-state index contributed by atoms with van der Waals surface area (Å²) in [6, 6.07) is 11.1. The predicted molar refractivity (Wildman–Crippen MR) is 84.6 cm³/mol. The third-order valence-electron chi connectivity index (χ3n) is 3.44. The van der Waals surface area contributed by atoms with Gasteiger partial charge in [-0.25, -0.2) is 4.79 Å². The lowest BCUT2D eigenvalue weighted by Crippen LogP contribution is -2.25. The second-order valence-electron chi connectivity index (χ2n) is 5.31. The smallest absolute Gasteiger partial charge is 0.416 e. The van der Waals surface area contributed by atoms with Crippen molar-refractivity contribution >= 4 is 5.97 Å².